The van der Waals surface area contributed by atoms with Crippen LogP contribution in [0.2, 0.25) is 0 Å². The fourth-order valence-electron chi connectivity index (χ4n) is 2.20. The molecular formula is C18H18N4S. The Labute approximate surface area is 140 Å². The lowest BCUT2D eigenvalue weighted by Gasteiger charge is -2.22. The molecule has 0 amide bonds. The van der Waals surface area contributed by atoms with Crippen LogP contribution in [-0.4, -0.2) is 14.5 Å². The van der Waals surface area contributed by atoms with Gasteiger partial charge in [0.2, 0.25) is 0 Å². The van der Waals surface area contributed by atoms with Crippen LogP contribution >= 0.6 is 11.3 Å². The third-order valence-electron chi connectivity index (χ3n) is 3.27. The molecule has 0 unspecified atom stereocenters. The van der Waals surface area contributed by atoms with Gasteiger partial charge >= 0.3 is 0 Å². The van der Waals surface area contributed by atoms with Crippen molar-refractivity contribution < 1.29 is 0 Å². The molecule has 0 aliphatic carbocycles. The fraction of sp³-hybridized carbons (Fsp3) is 0.222. The summed E-state index contributed by atoms with van der Waals surface area (Å²) in [6.45, 7) is 6.49. The van der Waals surface area contributed by atoms with Crippen LogP contribution in [-0.2, 0) is 5.54 Å². The molecule has 0 radical (unpaired) electrons. The van der Waals surface area contributed by atoms with Crippen molar-refractivity contribution in [2.45, 2.75) is 26.3 Å². The number of nitrogens with zero attached hydrogens (tertiary/aromatic N) is 3. The van der Waals surface area contributed by atoms with E-state index >= 15 is 0 Å². The Morgan fingerprint density at radius 2 is 1.96 bits per heavy atom. The van der Waals surface area contributed by atoms with E-state index in [9.17, 15) is 0 Å². The molecule has 3 aromatic heterocycles. The number of pyridine rings is 1. The van der Waals surface area contributed by atoms with Crippen molar-refractivity contribution in [1.82, 2.24) is 14.5 Å². The van der Waals surface area contributed by atoms with Gasteiger partial charge in [-0.3, -0.25) is 0 Å². The Kier molecular flexibility index (Phi) is 3.93. The molecule has 0 bridgehead atoms. The molecule has 4 nitrogen and oxygen atoms in total. The lowest BCUT2D eigenvalue weighted by atomic mass is 10.1. The maximum absolute atomic E-state index is 5.67. The average Bonchev–Trinajstić information content (AvgIpc) is 3.13. The van der Waals surface area contributed by atoms with Crippen LogP contribution in [0.3, 0.4) is 0 Å². The summed E-state index contributed by atoms with van der Waals surface area (Å²) in [5, 5.41) is 0. The minimum absolute atomic E-state index is 0.00679. The summed E-state index contributed by atoms with van der Waals surface area (Å²) in [6.07, 6.45) is 3.85. The van der Waals surface area contributed by atoms with E-state index in [2.05, 4.69) is 53.2 Å². The minimum atomic E-state index is -0.00679. The molecule has 5 heteroatoms. The zero-order valence-corrected chi connectivity index (χ0v) is 14.2. The summed E-state index contributed by atoms with van der Waals surface area (Å²) < 4.78 is 2.18. The Bertz CT molecular complexity index is 887. The van der Waals surface area contributed by atoms with Crippen LogP contribution < -0.4 is 5.73 Å². The SMILES string of the molecule is CC(C)(C)n1ccnc1-c1ccc(C#Cc2cccc(N)n2)s1. The lowest BCUT2D eigenvalue weighted by Crippen LogP contribution is -2.21. The zero-order chi connectivity index (χ0) is 16.4. The smallest absolute Gasteiger partial charge is 0.150 e. The largest absolute Gasteiger partial charge is 0.384 e. The summed E-state index contributed by atoms with van der Waals surface area (Å²) in [4.78, 5) is 10.8. The monoisotopic (exact) mass is 322 g/mol. The first-order valence-corrected chi connectivity index (χ1v) is 8.14. The number of nitrogens with two attached hydrogens (primary N) is 1. The number of thiophene rings is 1. The third-order valence-corrected chi connectivity index (χ3v) is 4.27. The summed E-state index contributed by atoms with van der Waals surface area (Å²) >= 11 is 1.63. The predicted molar refractivity (Wildman–Crippen MR) is 95.2 cm³/mol. The number of hydrogen-bond donors (Lipinski definition) is 1. The van der Waals surface area contributed by atoms with Crippen molar-refractivity contribution in [1.29, 1.82) is 0 Å². The second-order valence-electron chi connectivity index (χ2n) is 6.15. The second kappa shape index (κ2) is 5.90. The molecule has 2 N–H and O–H groups in total. The van der Waals surface area contributed by atoms with Crippen LogP contribution in [0.25, 0.3) is 10.7 Å². The van der Waals surface area contributed by atoms with E-state index in [1.807, 2.05) is 30.6 Å². The third kappa shape index (κ3) is 3.43. The lowest BCUT2D eigenvalue weighted by molar-refractivity contribution is 0.401. The zero-order valence-electron chi connectivity index (χ0n) is 13.4. The highest BCUT2D eigenvalue weighted by Gasteiger charge is 2.18. The summed E-state index contributed by atoms with van der Waals surface area (Å²) in [5.41, 5.74) is 6.34. The van der Waals surface area contributed by atoms with Crippen molar-refractivity contribution in [3.8, 4) is 22.5 Å². The highest BCUT2D eigenvalue weighted by molar-refractivity contribution is 7.15. The Hall–Kier alpha value is -2.58. The molecule has 0 spiro atoms. The van der Waals surface area contributed by atoms with E-state index in [-0.39, 0.29) is 5.54 Å². The summed E-state index contributed by atoms with van der Waals surface area (Å²) in [7, 11) is 0. The number of nitrogen functional groups attached to an aromatic ring is 1. The summed E-state index contributed by atoms with van der Waals surface area (Å²) in [6, 6.07) is 9.53. The van der Waals surface area contributed by atoms with E-state index in [4.69, 9.17) is 5.73 Å². The van der Waals surface area contributed by atoms with E-state index in [0.29, 0.717) is 11.5 Å². The van der Waals surface area contributed by atoms with Crippen LogP contribution in [0.5, 0.6) is 0 Å². The van der Waals surface area contributed by atoms with Gasteiger partial charge in [-0.25, -0.2) is 9.97 Å². The molecule has 0 saturated heterocycles. The van der Waals surface area contributed by atoms with E-state index in [1.165, 1.54) is 0 Å². The van der Waals surface area contributed by atoms with Gasteiger partial charge in [-0.15, -0.1) is 11.3 Å². The predicted octanol–water partition coefficient (Wildman–Crippen LogP) is 3.74. The molecule has 0 saturated carbocycles. The van der Waals surface area contributed by atoms with Gasteiger partial charge in [-0.2, -0.15) is 0 Å². The number of imidazole rings is 1. The molecule has 0 aliphatic heterocycles. The topological polar surface area (TPSA) is 56.7 Å². The fourth-order valence-corrected chi connectivity index (χ4v) is 3.05. The van der Waals surface area contributed by atoms with Crippen molar-refractivity contribution >= 4 is 17.2 Å². The van der Waals surface area contributed by atoms with Gasteiger partial charge in [-0.1, -0.05) is 6.07 Å². The van der Waals surface area contributed by atoms with Crippen molar-refractivity contribution in [2.24, 2.45) is 0 Å². The normalized spacial score (nSPS) is 11.1. The van der Waals surface area contributed by atoms with Crippen molar-refractivity contribution in [3.63, 3.8) is 0 Å². The van der Waals surface area contributed by atoms with E-state index < -0.39 is 0 Å². The van der Waals surface area contributed by atoms with Gasteiger partial charge in [0.15, 0.2) is 5.82 Å². The van der Waals surface area contributed by atoms with Crippen LogP contribution in [0.15, 0.2) is 42.7 Å². The van der Waals surface area contributed by atoms with Crippen LogP contribution in [0.1, 0.15) is 31.3 Å². The average molecular weight is 322 g/mol. The van der Waals surface area contributed by atoms with Gasteiger partial charge in [0.1, 0.15) is 11.5 Å². The highest BCUT2D eigenvalue weighted by atomic mass is 32.1. The number of hydrogen-bond acceptors (Lipinski definition) is 4. The summed E-state index contributed by atoms with van der Waals surface area (Å²) in [5.74, 6) is 7.64. The quantitative estimate of drug-likeness (QED) is 0.694. The standard InChI is InChI=1S/C18H18N4S/c1-18(2,3)22-12-11-20-17(22)15-10-9-14(23-15)8-7-13-5-4-6-16(19)21-13/h4-6,9-12H,1-3H3,(H2,19,21). The second-order valence-corrected chi connectivity index (χ2v) is 7.24. The van der Waals surface area contributed by atoms with Gasteiger partial charge in [0.05, 0.1) is 9.75 Å². The minimum Gasteiger partial charge on any atom is -0.384 e. The van der Waals surface area contributed by atoms with Crippen LogP contribution in [0.4, 0.5) is 5.82 Å². The Balaban J connectivity index is 1.89. The number of anilines is 1. The molecule has 0 atom stereocenters. The van der Waals surface area contributed by atoms with Crippen LogP contribution in [0, 0.1) is 11.8 Å². The highest BCUT2D eigenvalue weighted by Crippen LogP contribution is 2.29. The molecule has 0 aliphatic rings. The molecular weight excluding hydrogens is 304 g/mol. The molecule has 3 heterocycles. The molecule has 23 heavy (non-hydrogen) atoms. The maximum Gasteiger partial charge on any atom is 0.150 e. The van der Waals surface area contributed by atoms with Gasteiger partial charge < -0.3 is 10.3 Å². The number of rotatable bonds is 1. The first-order valence-electron chi connectivity index (χ1n) is 7.32. The van der Waals surface area contributed by atoms with E-state index in [0.717, 1.165) is 15.6 Å². The number of aromatic nitrogens is 3. The first kappa shape index (κ1) is 15.3. The molecule has 116 valence electrons. The van der Waals surface area contributed by atoms with E-state index in [1.54, 1.807) is 17.4 Å². The molecule has 0 fully saturated rings. The molecule has 0 aromatic carbocycles. The van der Waals surface area contributed by atoms with Gasteiger partial charge in [0, 0.05) is 17.9 Å². The van der Waals surface area contributed by atoms with Crippen molar-refractivity contribution in [2.75, 3.05) is 5.73 Å². The van der Waals surface area contributed by atoms with Gasteiger partial charge in [-0.05, 0) is 56.9 Å². The Morgan fingerprint density at radius 1 is 1.13 bits per heavy atom. The Morgan fingerprint density at radius 3 is 2.70 bits per heavy atom. The maximum atomic E-state index is 5.67. The molecule has 3 rings (SSSR count). The molecule has 3 aromatic rings. The first-order chi connectivity index (χ1) is 10.9. The van der Waals surface area contributed by atoms with Crippen molar-refractivity contribution in [3.05, 3.63) is 53.3 Å². The van der Waals surface area contributed by atoms with Gasteiger partial charge in [0.25, 0.3) is 0 Å².